The van der Waals surface area contributed by atoms with Crippen molar-refractivity contribution >= 4 is 28.5 Å². The number of pyridine rings is 1. The van der Waals surface area contributed by atoms with Crippen molar-refractivity contribution in [3.63, 3.8) is 0 Å². The molecule has 1 aromatic carbocycles. The molecule has 4 nitrogen and oxygen atoms in total. The molecule has 0 bridgehead atoms. The van der Waals surface area contributed by atoms with Crippen LogP contribution in [0.15, 0.2) is 48.8 Å². The van der Waals surface area contributed by atoms with E-state index < -0.39 is 6.36 Å². The zero-order valence-corrected chi connectivity index (χ0v) is 12.9. The second-order valence-electron chi connectivity index (χ2n) is 4.30. The minimum Gasteiger partial charge on any atom is -0.406 e. The van der Waals surface area contributed by atoms with Crippen LogP contribution in [0.3, 0.4) is 0 Å². The molecule has 0 aliphatic rings. The lowest BCUT2D eigenvalue weighted by molar-refractivity contribution is -0.683. The van der Waals surface area contributed by atoms with E-state index in [0.717, 1.165) is 12.1 Å². The highest BCUT2D eigenvalue weighted by Gasteiger charge is 2.31. The molecule has 1 aromatic heterocycles. The van der Waals surface area contributed by atoms with E-state index in [4.69, 9.17) is 5.73 Å². The number of alkyl halides is 3. The number of benzene rings is 1. The largest absolute Gasteiger partial charge is 0.573 e. The molecular formula is C14H13BrF3N2O2+. The number of nitrogens with zero attached hydrogens (tertiary/aromatic N) is 1. The van der Waals surface area contributed by atoms with Gasteiger partial charge in [-0.15, -0.1) is 30.2 Å². The molecule has 0 spiro atoms. The third kappa shape index (κ3) is 5.36. The van der Waals surface area contributed by atoms with Gasteiger partial charge in [0.05, 0.1) is 0 Å². The first-order valence-corrected chi connectivity index (χ1v) is 5.97. The summed E-state index contributed by atoms with van der Waals surface area (Å²) in [6, 6.07) is 8.09. The van der Waals surface area contributed by atoms with Crippen molar-refractivity contribution in [3.8, 4) is 5.75 Å². The maximum Gasteiger partial charge on any atom is 0.573 e. The highest BCUT2D eigenvalue weighted by Crippen LogP contribution is 2.22. The van der Waals surface area contributed by atoms with E-state index in [9.17, 15) is 18.0 Å². The van der Waals surface area contributed by atoms with E-state index in [1.165, 1.54) is 12.1 Å². The van der Waals surface area contributed by atoms with Crippen molar-refractivity contribution in [3.05, 3.63) is 54.4 Å². The normalized spacial score (nSPS) is 10.7. The fourth-order valence-corrected chi connectivity index (χ4v) is 1.67. The monoisotopic (exact) mass is 377 g/mol. The minimum atomic E-state index is -4.74. The van der Waals surface area contributed by atoms with Gasteiger partial charge in [0.1, 0.15) is 5.75 Å². The number of ketones is 1. The van der Waals surface area contributed by atoms with Gasteiger partial charge in [-0.1, -0.05) is 0 Å². The fraction of sp³-hybridized carbons (Fsp3) is 0.143. The van der Waals surface area contributed by atoms with Crippen molar-refractivity contribution < 1.29 is 27.3 Å². The molecule has 1 heterocycles. The zero-order chi connectivity index (χ0) is 15.5. The molecule has 0 atom stereocenters. The molecule has 8 heteroatoms. The number of hydrogen-bond acceptors (Lipinski definition) is 3. The van der Waals surface area contributed by atoms with E-state index in [-0.39, 0.29) is 35.1 Å². The molecule has 0 radical (unpaired) electrons. The molecule has 118 valence electrons. The first kappa shape index (κ1) is 18.0. The van der Waals surface area contributed by atoms with E-state index in [1.807, 2.05) is 0 Å². The molecule has 2 N–H and O–H groups in total. The number of ether oxygens (including phenoxy) is 1. The number of aromatic nitrogens is 1. The minimum absolute atomic E-state index is 0. The first-order valence-electron chi connectivity index (χ1n) is 5.97. The second kappa shape index (κ2) is 7.26. The predicted molar refractivity (Wildman–Crippen MR) is 78.8 cm³/mol. The number of nitrogens with two attached hydrogens (primary N) is 1. The third-order valence-electron chi connectivity index (χ3n) is 2.65. The van der Waals surface area contributed by atoms with Gasteiger partial charge in [0.2, 0.25) is 12.3 Å². The van der Waals surface area contributed by atoms with Crippen molar-refractivity contribution in [2.24, 2.45) is 0 Å². The molecule has 22 heavy (non-hydrogen) atoms. The van der Waals surface area contributed by atoms with E-state index in [1.54, 1.807) is 29.1 Å². The van der Waals surface area contributed by atoms with Crippen LogP contribution in [0.4, 0.5) is 18.9 Å². The lowest BCUT2D eigenvalue weighted by Gasteiger charge is -2.08. The van der Waals surface area contributed by atoms with Crippen LogP contribution in [0.2, 0.25) is 0 Å². The Labute approximate surface area is 135 Å². The smallest absolute Gasteiger partial charge is 0.406 e. The Morgan fingerprint density at radius 3 is 2.14 bits per heavy atom. The Bertz CT molecular complexity index is 628. The summed E-state index contributed by atoms with van der Waals surface area (Å²) >= 11 is 0. The summed E-state index contributed by atoms with van der Waals surface area (Å²) < 4.78 is 41.4. The van der Waals surface area contributed by atoms with Gasteiger partial charge in [0, 0.05) is 23.4 Å². The van der Waals surface area contributed by atoms with Crippen molar-refractivity contribution in [2.75, 3.05) is 5.73 Å². The maximum atomic E-state index is 12.0. The summed E-state index contributed by atoms with van der Waals surface area (Å²) in [5.41, 5.74) is 6.41. The first-order chi connectivity index (χ1) is 9.83. The van der Waals surface area contributed by atoms with Gasteiger partial charge < -0.3 is 10.5 Å². The van der Waals surface area contributed by atoms with Crippen LogP contribution in [0.1, 0.15) is 10.4 Å². The van der Waals surface area contributed by atoms with E-state index >= 15 is 0 Å². The molecule has 0 amide bonds. The van der Waals surface area contributed by atoms with Crippen LogP contribution in [-0.2, 0) is 6.54 Å². The Morgan fingerprint density at radius 1 is 1.09 bits per heavy atom. The lowest BCUT2D eigenvalue weighted by atomic mass is 10.1. The van der Waals surface area contributed by atoms with Gasteiger partial charge in [0.15, 0.2) is 12.4 Å². The summed E-state index contributed by atoms with van der Waals surface area (Å²) in [6.45, 7) is 0.0692. The number of carbonyl (C=O) groups excluding carboxylic acids is 1. The summed E-state index contributed by atoms with van der Waals surface area (Å²) in [6.07, 6.45) is -1.45. The molecule has 0 saturated carbocycles. The number of anilines is 1. The lowest BCUT2D eigenvalue weighted by Crippen LogP contribution is -2.37. The number of hydrogen-bond donors (Lipinski definition) is 1. The summed E-state index contributed by atoms with van der Waals surface area (Å²) in [4.78, 5) is 12.0. The standard InChI is InChI=1S/C14H11F3N2O2.BrH/c15-14(16,17)21-12-3-1-10(2-4-12)13(20)9-19-7-5-11(18)6-8-19;/h1-8,18H,9H2;1H/p+1. The van der Waals surface area contributed by atoms with Crippen LogP contribution < -0.4 is 15.0 Å². The molecule has 2 aromatic rings. The van der Waals surface area contributed by atoms with Crippen LogP contribution in [0.25, 0.3) is 0 Å². The average molecular weight is 378 g/mol. The molecule has 0 unspecified atom stereocenters. The Morgan fingerprint density at radius 2 is 1.64 bits per heavy atom. The molecule has 2 rings (SSSR count). The SMILES string of the molecule is Br.Nc1cc[n+](CC(=O)c2ccc(OC(F)(F)F)cc2)cc1. The highest BCUT2D eigenvalue weighted by molar-refractivity contribution is 8.93. The van der Waals surface area contributed by atoms with Crippen molar-refractivity contribution in [1.29, 1.82) is 0 Å². The van der Waals surface area contributed by atoms with Gasteiger partial charge in [-0.05, 0) is 24.3 Å². The van der Waals surface area contributed by atoms with Crippen LogP contribution in [0.5, 0.6) is 5.75 Å². The summed E-state index contributed by atoms with van der Waals surface area (Å²) in [5, 5.41) is 0. The number of halogens is 4. The maximum absolute atomic E-state index is 12.0. The quantitative estimate of drug-likeness (QED) is 0.658. The van der Waals surface area contributed by atoms with Gasteiger partial charge in [0.25, 0.3) is 0 Å². The fourth-order valence-electron chi connectivity index (χ4n) is 1.67. The van der Waals surface area contributed by atoms with Crippen LogP contribution >= 0.6 is 17.0 Å². The highest BCUT2D eigenvalue weighted by atomic mass is 79.9. The number of nitrogen functional groups attached to an aromatic ring is 1. The average Bonchev–Trinajstić information content (AvgIpc) is 2.40. The zero-order valence-electron chi connectivity index (χ0n) is 11.2. The summed E-state index contributed by atoms with van der Waals surface area (Å²) in [5.74, 6) is -0.595. The third-order valence-corrected chi connectivity index (χ3v) is 2.65. The van der Waals surface area contributed by atoms with Crippen molar-refractivity contribution in [2.45, 2.75) is 12.9 Å². The number of rotatable bonds is 4. The van der Waals surface area contributed by atoms with Gasteiger partial charge in [-0.2, -0.15) is 4.57 Å². The van der Waals surface area contributed by atoms with E-state index in [0.29, 0.717) is 11.3 Å². The van der Waals surface area contributed by atoms with Crippen LogP contribution in [0, 0.1) is 0 Å². The van der Waals surface area contributed by atoms with Gasteiger partial charge in [-0.25, -0.2) is 0 Å². The molecular weight excluding hydrogens is 365 g/mol. The Kier molecular flexibility index (Phi) is 5.92. The summed E-state index contributed by atoms with van der Waals surface area (Å²) in [7, 11) is 0. The second-order valence-corrected chi connectivity index (χ2v) is 4.30. The Balaban J connectivity index is 0.00000242. The van der Waals surface area contributed by atoms with Crippen LogP contribution in [-0.4, -0.2) is 12.1 Å². The molecule has 0 fully saturated rings. The Hall–Kier alpha value is -2.09. The predicted octanol–water partition coefficient (Wildman–Crippen LogP) is 2.92. The molecule has 0 aliphatic carbocycles. The molecule has 0 aliphatic heterocycles. The van der Waals surface area contributed by atoms with Gasteiger partial charge in [-0.3, -0.25) is 4.79 Å². The van der Waals surface area contributed by atoms with Gasteiger partial charge >= 0.3 is 6.36 Å². The van der Waals surface area contributed by atoms with E-state index in [2.05, 4.69) is 4.74 Å². The number of Topliss-reactive ketones (excluding diaryl/α,β-unsaturated/α-hetero) is 1. The van der Waals surface area contributed by atoms with Crippen molar-refractivity contribution in [1.82, 2.24) is 0 Å². The number of carbonyl (C=O) groups is 1. The molecule has 0 saturated heterocycles. The topological polar surface area (TPSA) is 56.2 Å².